The van der Waals surface area contributed by atoms with Crippen LogP contribution in [0, 0.1) is 0 Å². The third-order valence-corrected chi connectivity index (χ3v) is 5.28. The zero-order chi connectivity index (χ0) is 16.1. The molecule has 0 unspecified atom stereocenters. The third-order valence-electron chi connectivity index (χ3n) is 3.82. The number of thiophene rings is 1. The number of carbonyl (C=O) groups is 1. The van der Waals surface area contributed by atoms with Crippen molar-refractivity contribution < 1.29 is 9.53 Å². The molecule has 0 saturated carbocycles. The van der Waals surface area contributed by atoms with Gasteiger partial charge in [0.1, 0.15) is 0 Å². The highest BCUT2D eigenvalue weighted by Crippen LogP contribution is 2.26. The summed E-state index contributed by atoms with van der Waals surface area (Å²) in [7, 11) is 0. The number of hydrogen-bond acceptors (Lipinski definition) is 4. The highest BCUT2D eigenvalue weighted by molar-refractivity contribution is 9.10. The highest BCUT2D eigenvalue weighted by atomic mass is 79.9. The number of rotatable bonds is 5. The van der Waals surface area contributed by atoms with E-state index < -0.39 is 0 Å². The van der Waals surface area contributed by atoms with E-state index >= 15 is 0 Å². The van der Waals surface area contributed by atoms with Gasteiger partial charge in [0.15, 0.2) is 0 Å². The van der Waals surface area contributed by atoms with E-state index in [2.05, 4.69) is 26.1 Å². The molecule has 23 heavy (non-hydrogen) atoms. The van der Waals surface area contributed by atoms with Crippen molar-refractivity contribution in [3.63, 3.8) is 0 Å². The van der Waals surface area contributed by atoms with Crippen molar-refractivity contribution in [2.45, 2.75) is 0 Å². The Morgan fingerprint density at radius 1 is 1.22 bits per heavy atom. The van der Waals surface area contributed by atoms with Crippen LogP contribution in [0.3, 0.4) is 0 Å². The van der Waals surface area contributed by atoms with Gasteiger partial charge in [-0.25, -0.2) is 0 Å². The lowest BCUT2D eigenvalue weighted by Crippen LogP contribution is -2.41. The molecular weight excluding hydrogens is 376 g/mol. The van der Waals surface area contributed by atoms with Gasteiger partial charge < -0.3 is 10.1 Å². The molecule has 0 aliphatic carbocycles. The van der Waals surface area contributed by atoms with Gasteiger partial charge in [-0.1, -0.05) is 28.1 Å². The summed E-state index contributed by atoms with van der Waals surface area (Å²) in [4.78, 5) is 15.3. The monoisotopic (exact) mass is 394 g/mol. The predicted octanol–water partition coefficient (Wildman–Crippen LogP) is 3.24. The van der Waals surface area contributed by atoms with Crippen molar-refractivity contribution in [3.8, 4) is 11.1 Å². The summed E-state index contributed by atoms with van der Waals surface area (Å²) in [5.41, 5.74) is 2.21. The molecule has 122 valence electrons. The molecule has 0 bridgehead atoms. The third kappa shape index (κ3) is 4.64. The topological polar surface area (TPSA) is 41.6 Å². The number of carbonyl (C=O) groups excluding carboxylic acids is 1. The number of morpholine rings is 1. The summed E-state index contributed by atoms with van der Waals surface area (Å²) >= 11 is 4.92. The molecule has 0 spiro atoms. The lowest BCUT2D eigenvalue weighted by Gasteiger charge is -2.26. The quantitative estimate of drug-likeness (QED) is 0.845. The van der Waals surface area contributed by atoms with Crippen molar-refractivity contribution in [1.82, 2.24) is 10.2 Å². The molecule has 0 atom stereocenters. The number of ether oxygens (including phenoxy) is 1. The van der Waals surface area contributed by atoms with Gasteiger partial charge in [-0.15, -0.1) is 11.3 Å². The maximum Gasteiger partial charge on any atom is 0.261 e. The molecular formula is C17H19BrN2O2S. The summed E-state index contributed by atoms with van der Waals surface area (Å²) in [6.07, 6.45) is 0. The van der Waals surface area contributed by atoms with Gasteiger partial charge in [-0.3, -0.25) is 9.69 Å². The molecule has 3 rings (SSSR count). The fourth-order valence-electron chi connectivity index (χ4n) is 2.49. The summed E-state index contributed by atoms with van der Waals surface area (Å²) in [5.74, 6) is 0.00613. The second-order valence-corrected chi connectivity index (χ2v) is 7.24. The summed E-state index contributed by atoms with van der Waals surface area (Å²) in [6.45, 7) is 5.01. The van der Waals surface area contributed by atoms with Crippen LogP contribution >= 0.6 is 27.3 Å². The van der Waals surface area contributed by atoms with E-state index in [9.17, 15) is 4.79 Å². The van der Waals surface area contributed by atoms with Gasteiger partial charge in [0.25, 0.3) is 5.91 Å². The predicted molar refractivity (Wildman–Crippen MR) is 97.0 cm³/mol. The van der Waals surface area contributed by atoms with Gasteiger partial charge in [0.2, 0.25) is 0 Å². The number of benzene rings is 1. The molecule has 1 aromatic heterocycles. The van der Waals surface area contributed by atoms with Crippen LogP contribution in [0.2, 0.25) is 0 Å². The molecule has 1 aliphatic rings. The van der Waals surface area contributed by atoms with E-state index in [1.807, 2.05) is 35.7 Å². The van der Waals surface area contributed by atoms with Crippen LogP contribution in [0.4, 0.5) is 0 Å². The number of nitrogens with zero attached hydrogens (tertiary/aromatic N) is 1. The van der Waals surface area contributed by atoms with E-state index in [1.54, 1.807) is 0 Å². The number of amides is 1. The first-order valence-corrected chi connectivity index (χ1v) is 9.32. The van der Waals surface area contributed by atoms with E-state index in [0.717, 1.165) is 53.3 Å². The largest absolute Gasteiger partial charge is 0.379 e. The van der Waals surface area contributed by atoms with Crippen LogP contribution in [0.5, 0.6) is 0 Å². The minimum absolute atomic E-state index is 0.00613. The van der Waals surface area contributed by atoms with Gasteiger partial charge >= 0.3 is 0 Å². The molecule has 4 nitrogen and oxygen atoms in total. The first-order chi connectivity index (χ1) is 11.2. The van der Waals surface area contributed by atoms with E-state index in [1.165, 1.54) is 11.3 Å². The van der Waals surface area contributed by atoms with Crippen LogP contribution < -0.4 is 5.32 Å². The normalized spacial score (nSPS) is 15.5. The van der Waals surface area contributed by atoms with Crippen molar-refractivity contribution in [2.24, 2.45) is 0 Å². The van der Waals surface area contributed by atoms with E-state index in [0.29, 0.717) is 6.54 Å². The summed E-state index contributed by atoms with van der Waals surface area (Å²) in [6, 6.07) is 10.1. The molecule has 6 heteroatoms. The average Bonchev–Trinajstić information content (AvgIpc) is 3.06. The Bertz CT molecular complexity index is 651. The first-order valence-electron chi connectivity index (χ1n) is 7.65. The lowest BCUT2D eigenvalue weighted by molar-refractivity contribution is 0.0383. The van der Waals surface area contributed by atoms with E-state index in [4.69, 9.17) is 4.74 Å². The zero-order valence-electron chi connectivity index (χ0n) is 12.8. The van der Waals surface area contributed by atoms with Crippen LogP contribution in [0.15, 0.2) is 40.2 Å². The smallest absolute Gasteiger partial charge is 0.261 e. The van der Waals surface area contributed by atoms with Gasteiger partial charge in [0, 0.05) is 30.7 Å². The van der Waals surface area contributed by atoms with Crippen molar-refractivity contribution in [3.05, 3.63) is 45.1 Å². The maximum atomic E-state index is 12.2. The van der Waals surface area contributed by atoms with Gasteiger partial charge in [-0.2, -0.15) is 0 Å². The minimum atomic E-state index is 0.00613. The summed E-state index contributed by atoms with van der Waals surface area (Å²) in [5, 5.41) is 5.03. The molecule has 1 aliphatic heterocycles. The number of hydrogen-bond donors (Lipinski definition) is 1. The first kappa shape index (κ1) is 16.6. The molecule has 2 heterocycles. The van der Waals surface area contributed by atoms with E-state index in [-0.39, 0.29) is 5.91 Å². The molecule has 1 N–H and O–H groups in total. The maximum absolute atomic E-state index is 12.2. The Labute approximate surface area is 148 Å². The van der Waals surface area contributed by atoms with Crippen LogP contribution in [-0.2, 0) is 4.74 Å². The Balaban J connectivity index is 1.52. The molecule has 1 fully saturated rings. The molecule has 2 aromatic rings. The molecule has 1 aromatic carbocycles. The summed E-state index contributed by atoms with van der Waals surface area (Å²) < 4.78 is 6.37. The Morgan fingerprint density at radius 2 is 1.96 bits per heavy atom. The van der Waals surface area contributed by atoms with Gasteiger partial charge in [0.05, 0.1) is 18.1 Å². The molecule has 1 saturated heterocycles. The number of nitrogens with one attached hydrogen (secondary N) is 1. The lowest BCUT2D eigenvalue weighted by atomic mass is 10.1. The Hall–Kier alpha value is -1.21. The van der Waals surface area contributed by atoms with Crippen LogP contribution in [0.1, 0.15) is 9.67 Å². The zero-order valence-corrected chi connectivity index (χ0v) is 15.2. The highest BCUT2D eigenvalue weighted by Gasteiger charge is 2.12. The average molecular weight is 395 g/mol. The fourth-order valence-corrected chi connectivity index (χ4v) is 3.59. The SMILES string of the molecule is O=C(NCCN1CCOCC1)c1cc(-c2ccc(Br)cc2)cs1. The Kier molecular flexibility index (Phi) is 5.83. The van der Waals surface area contributed by atoms with Crippen LogP contribution in [0.25, 0.3) is 11.1 Å². The van der Waals surface area contributed by atoms with Gasteiger partial charge in [-0.05, 0) is 34.7 Å². The van der Waals surface area contributed by atoms with Crippen LogP contribution in [-0.4, -0.2) is 50.2 Å². The second-order valence-electron chi connectivity index (χ2n) is 5.42. The number of halogens is 1. The Morgan fingerprint density at radius 3 is 2.70 bits per heavy atom. The fraction of sp³-hybridized carbons (Fsp3) is 0.353. The van der Waals surface area contributed by atoms with Crippen molar-refractivity contribution >= 4 is 33.2 Å². The molecule has 1 amide bonds. The molecule has 0 radical (unpaired) electrons. The van der Waals surface area contributed by atoms with Crippen molar-refractivity contribution in [2.75, 3.05) is 39.4 Å². The standard InChI is InChI=1S/C17H19BrN2O2S/c18-15-3-1-13(2-4-15)14-11-16(23-12-14)17(21)19-5-6-20-7-9-22-10-8-20/h1-4,11-12H,5-10H2,(H,19,21). The van der Waals surface area contributed by atoms with Crippen molar-refractivity contribution in [1.29, 1.82) is 0 Å². The second kappa shape index (κ2) is 8.06. The minimum Gasteiger partial charge on any atom is -0.379 e.